The van der Waals surface area contributed by atoms with Gasteiger partial charge in [0.1, 0.15) is 11.9 Å². The summed E-state index contributed by atoms with van der Waals surface area (Å²) in [6.07, 6.45) is 0.410. The van der Waals surface area contributed by atoms with Gasteiger partial charge in [0.2, 0.25) is 0 Å². The summed E-state index contributed by atoms with van der Waals surface area (Å²) in [5.74, 6) is 0.214. The molecule has 0 amide bonds. The van der Waals surface area contributed by atoms with Crippen molar-refractivity contribution < 1.29 is 9.50 Å². The van der Waals surface area contributed by atoms with E-state index in [9.17, 15) is 9.50 Å². The molecule has 0 bridgehead atoms. The average Bonchev–Trinajstić information content (AvgIpc) is 2.30. The van der Waals surface area contributed by atoms with E-state index < -0.39 is 6.17 Å². The summed E-state index contributed by atoms with van der Waals surface area (Å²) in [5, 5.41) is 12.4. The van der Waals surface area contributed by atoms with E-state index in [-0.39, 0.29) is 5.75 Å². The Morgan fingerprint density at radius 2 is 2.31 bits per heavy atom. The highest BCUT2D eigenvalue weighted by molar-refractivity contribution is 5.62. The Bertz CT molecular complexity index is 314. The SMILES string of the molecule is Oc1cccc2c1NCC(F)CC2. The van der Waals surface area contributed by atoms with Gasteiger partial charge in [-0.15, -0.1) is 0 Å². The van der Waals surface area contributed by atoms with Gasteiger partial charge in [0, 0.05) is 6.54 Å². The first-order chi connectivity index (χ1) is 6.27. The topological polar surface area (TPSA) is 32.3 Å². The maximum absolute atomic E-state index is 13.0. The number of phenols is 1. The fraction of sp³-hybridized carbons (Fsp3) is 0.400. The number of para-hydroxylation sites is 1. The van der Waals surface area contributed by atoms with Gasteiger partial charge in [-0.25, -0.2) is 4.39 Å². The first kappa shape index (κ1) is 8.35. The van der Waals surface area contributed by atoms with Gasteiger partial charge >= 0.3 is 0 Å². The average molecular weight is 181 g/mol. The number of halogens is 1. The Kier molecular flexibility index (Phi) is 2.08. The maximum atomic E-state index is 13.0. The summed E-state index contributed by atoms with van der Waals surface area (Å²) in [7, 11) is 0. The minimum atomic E-state index is -0.813. The van der Waals surface area contributed by atoms with Crippen LogP contribution in [0, 0.1) is 0 Å². The molecule has 0 radical (unpaired) electrons. The summed E-state index contributed by atoms with van der Waals surface area (Å²) >= 11 is 0. The molecule has 0 saturated carbocycles. The van der Waals surface area contributed by atoms with Crippen LogP contribution in [-0.2, 0) is 6.42 Å². The summed E-state index contributed by atoms with van der Waals surface area (Å²) in [5.41, 5.74) is 1.70. The van der Waals surface area contributed by atoms with Gasteiger partial charge < -0.3 is 10.4 Å². The zero-order chi connectivity index (χ0) is 9.26. The summed E-state index contributed by atoms with van der Waals surface area (Å²) < 4.78 is 13.0. The van der Waals surface area contributed by atoms with E-state index in [4.69, 9.17) is 0 Å². The van der Waals surface area contributed by atoms with Crippen molar-refractivity contribution in [1.82, 2.24) is 0 Å². The van der Waals surface area contributed by atoms with Gasteiger partial charge in [0.15, 0.2) is 0 Å². The Balaban J connectivity index is 2.35. The fourth-order valence-corrected chi connectivity index (χ4v) is 1.63. The molecule has 1 aliphatic rings. The smallest absolute Gasteiger partial charge is 0.138 e. The molecule has 0 spiro atoms. The number of fused-ring (bicyclic) bond motifs is 1. The van der Waals surface area contributed by atoms with E-state index in [1.54, 1.807) is 12.1 Å². The highest BCUT2D eigenvalue weighted by Crippen LogP contribution is 2.30. The Morgan fingerprint density at radius 1 is 1.46 bits per heavy atom. The molecule has 0 aromatic heterocycles. The Labute approximate surface area is 76.4 Å². The van der Waals surface area contributed by atoms with Crippen molar-refractivity contribution >= 4 is 5.69 Å². The third-order valence-electron chi connectivity index (χ3n) is 2.36. The molecule has 2 nitrogen and oxygen atoms in total. The van der Waals surface area contributed by atoms with Crippen LogP contribution in [0.25, 0.3) is 0 Å². The van der Waals surface area contributed by atoms with E-state index in [1.165, 1.54) is 0 Å². The van der Waals surface area contributed by atoms with Crippen molar-refractivity contribution in [3.05, 3.63) is 23.8 Å². The second kappa shape index (κ2) is 3.24. The van der Waals surface area contributed by atoms with Crippen molar-refractivity contribution in [3.63, 3.8) is 0 Å². The number of hydrogen-bond acceptors (Lipinski definition) is 2. The van der Waals surface area contributed by atoms with Crippen LogP contribution in [0.15, 0.2) is 18.2 Å². The first-order valence-corrected chi connectivity index (χ1v) is 4.46. The van der Waals surface area contributed by atoms with Crippen molar-refractivity contribution in [2.45, 2.75) is 19.0 Å². The molecule has 70 valence electrons. The van der Waals surface area contributed by atoms with E-state index in [1.807, 2.05) is 6.07 Å². The van der Waals surface area contributed by atoms with Crippen LogP contribution in [0.2, 0.25) is 0 Å². The molecule has 2 N–H and O–H groups in total. The number of rotatable bonds is 0. The number of nitrogens with one attached hydrogen (secondary N) is 1. The number of phenolic OH excluding ortho intramolecular Hbond substituents is 1. The first-order valence-electron chi connectivity index (χ1n) is 4.46. The molecule has 3 heteroatoms. The molecule has 0 saturated heterocycles. The molecule has 1 aromatic carbocycles. The lowest BCUT2D eigenvalue weighted by atomic mass is 10.1. The van der Waals surface area contributed by atoms with Crippen LogP contribution in [0.5, 0.6) is 5.75 Å². The molecular formula is C10H12FNO. The molecule has 0 aliphatic carbocycles. The lowest BCUT2D eigenvalue weighted by Crippen LogP contribution is -2.12. The van der Waals surface area contributed by atoms with Gasteiger partial charge in [-0.2, -0.15) is 0 Å². The highest BCUT2D eigenvalue weighted by atomic mass is 19.1. The van der Waals surface area contributed by atoms with Crippen LogP contribution in [0.1, 0.15) is 12.0 Å². The summed E-state index contributed by atoms with van der Waals surface area (Å²) in [4.78, 5) is 0. The minimum Gasteiger partial charge on any atom is -0.506 e. The summed E-state index contributed by atoms with van der Waals surface area (Å²) in [6, 6.07) is 5.32. The number of hydrogen-bond donors (Lipinski definition) is 2. The number of aromatic hydroxyl groups is 1. The standard InChI is InChI=1S/C10H12FNO/c11-8-5-4-7-2-1-3-9(13)10(7)12-6-8/h1-3,8,12-13H,4-6H2. The lowest BCUT2D eigenvalue weighted by Gasteiger charge is -2.08. The third kappa shape index (κ3) is 1.59. The monoisotopic (exact) mass is 181 g/mol. The van der Waals surface area contributed by atoms with Crippen LogP contribution in [0.3, 0.4) is 0 Å². The van der Waals surface area contributed by atoms with Gasteiger partial charge in [-0.05, 0) is 24.5 Å². The second-order valence-electron chi connectivity index (χ2n) is 3.33. The molecule has 2 rings (SSSR count). The lowest BCUT2D eigenvalue weighted by molar-refractivity contribution is 0.333. The van der Waals surface area contributed by atoms with Gasteiger partial charge in [0.25, 0.3) is 0 Å². The predicted octanol–water partition coefficient (Wildman–Crippen LogP) is 2.09. The third-order valence-corrected chi connectivity index (χ3v) is 2.36. The second-order valence-corrected chi connectivity index (χ2v) is 3.33. The van der Waals surface area contributed by atoms with Crippen LogP contribution < -0.4 is 5.32 Å². The van der Waals surface area contributed by atoms with E-state index in [0.29, 0.717) is 25.1 Å². The Hall–Kier alpha value is -1.25. The molecule has 1 aromatic rings. The summed E-state index contributed by atoms with van der Waals surface area (Å²) in [6.45, 7) is 0.296. The largest absolute Gasteiger partial charge is 0.506 e. The highest BCUT2D eigenvalue weighted by Gasteiger charge is 2.16. The van der Waals surface area contributed by atoms with Crippen LogP contribution in [-0.4, -0.2) is 17.8 Å². The van der Waals surface area contributed by atoms with Crippen molar-refractivity contribution in [1.29, 1.82) is 0 Å². The van der Waals surface area contributed by atoms with E-state index in [2.05, 4.69) is 5.32 Å². The van der Waals surface area contributed by atoms with E-state index >= 15 is 0 Å². The number of benzene rings is 1. The van der Waals surface area contributed by atoms with Crippen LogP contribution in [0.4, 0.5) is 10.1 Å². The van der Waals surface area contributed by atoms with Gasteiger partial charge in [-0.1, -0.05) is 12.1 Å². The minimum absolute atomic E-state index is 0.214. The van der Waals surface area contributed by atoms with Crippen molar-refractivity contribution in [2.75, 3.05) is 11.9 Å². The Morgan fingerprint density at radius 3 is 3.15 bits per heavy atom. The van der Waals surface area contributed by atoms with Gasteiger partial charge in [0.05, 0.1) is 5.69 Å². The molecule has 1 unspecified atom stereocenters. The van der Waals surface area contributed by atoms with Crippen molar-refractivity contribution in [3.8, 4) is 5.75 Å². The van der Waals surface area contributed by atoms with E-state index in [0.717, 1.165) is 5.56 Å². The van der Waals surface area contributed by atoms with Crippen molar-refractivity contribution in [2.24, 2.45) is 0 Å². The molecule has 13 heavy (non-hydrogen) atoms. The zero-order valence-electron chi connectivity index (χ0n) is 7.26. The normalized spacial score (nSPS) is 21.5. The molecule has 1 heterocycles. The molecule has 1 atom stereocenters. The number of aryl methyl sites for hydroxylation is 1. The zero-order valence-corrected chi connectivity index (χ0v) is 7.26. The fourth-order valence-electron chi connectivity index (χ4n) is 1.63. The predicted molar refractivity (Wildman–Crippen MR) is 49.8 cm³/mol. The van der Waals surface area contributed by atoms with Crippen LogP contribution >= 0.6 is 0 Å². The number of alkyl halides is 1. The molecule has 0 fully saturated rings. The quantitative estimate of drug-likeness (QED) is 0.601. The number of anilines is 1. The van der Waals surface area contributed by atoms with Gasteiger partial charge in [-0.3, -0.25) is 0 Å². The molecule has 1 aliphatic heterocycles. The molecular weight excluding hydrogens is 169 g/mol. The maximum Gasteiger partial charge on any atom is 0.138 e.